The molecule has 16 fully saturated rings. The van der Waals surface area contributed by atoms with Gasteiger partial charge in [0.2, 0.25) is 18.0 Å². The summed E-state index contributed by atoms with van der Waals surface area (Å²) in [7, 11) is -7.05. The Morgan fingerprint density at radius 3 is 1.35 bits per heavy atom. The number of esters is 10. The summed E-state index contributed by atoms with van der Waals surface area (Å²) in [5.74, 6) is -1.77. The highest BCUT2D eigenvalue weighted by molar-refractivity contribution is 7.88. The van der Waals surface area contributed by atoms with E-state index in [2.05, 4.69) is 38.3 Å². The number of carbonyl (C=O) groups excluding carboxylic acids is 11. The SMILES string of the molecule is C=C(C)C(=O)OC12CC3CC(CC(O)(C3)C1)C2.C=C(C)C(=O)OC1CCOC1=O.C=C(C)C(=O)OCC(=O)OC1C2CC3C1OS(=O)(=O)C3C2.CC(=O)C(=O)OC1(C(C)C)C2CC3CC(C2)CC1C3.CCC(C)(C)C(=O)OC1CCOC1=O.CCC(C)(C)C(=O)OCC(=O)OC1C2CC3C1OS(=O)(=O)C3C2. The maximum absolute atomic E-state index is 11.9. The molecule has 4 aliphatic heterocycles. The maximum atomic E-state index is 11.9. The summed E-state index contributed by atoms with van der Waals surface area (Å²) >= 11 is 0. The van der Waals surface area contributed by atoms with E-state index in [4.69, 9.17) is 51.0 Å². The van der Waals surface area contributed by atoms with E-state index >= 15 is 0 Å². The molecule has 1 N–H and O–H groups in total. The van der Waals surface area contributed by atoms with Crippen LogP contribution in [0.25, 0.3) is 0 Å². The number of Topliss-reactive ketones (excluding diaryl/α,β-unsaturated/α-hetero) is 1. The summed E-state index contributed by atoms with van der Waals surface area (Å²) in [6.07, 6.45) is 12.5. The van der Waals surface area contributed by atoms with E-state index in [1.165, 1.54) is 59.3 Å². The predicted octanol–water partition coefficient (Wildman–Crippen LogP) is 8.03. The number of hydrogen-bond donors (Lipinski definition) is 1. The number of cyclic esters (lactones) is 2. The molecular formula is C76H108O28S2. The topological polar surface area (TPSA) is 387 Å². The van der Waals surface area contributed by atoms with Crippen LogP contribution in [0.1, 0.15) is 205 Å². The van der Waals surface area contributed by atoms with Crippen molar-refractivity contribution < 1.29 is 130 Å². The largest absolute Gasteiger partial charge is 0.463 e. The minimum absolute atomic E-state index is 0.00284. The van der Waals surface area contributed by atoms with Gasteiger partial charge in [-0.1, -0.05) is 47.4 Å². The highest BCUT2D eigenvalue weighted by atomic mass is 32.2. The number of hydrogen-bond acceptors (Lipinski definition) is 28. The van der Waals surface area contributed by atoms with Crippen LogP contribution in [-0.4, -0.2) is 178 Å². The standard InChI is InChI=1S/C16H24O3.C15H22O7S.C14H20O3.C13H16O7S.C10H16O4.C8H10O4/c1-9(2)16(19-15(18)10(3)17)13-5-11-4-12(7-13)8-14(16)6-11;1-4-15(2,3)14(17)20-7-11(16)21-12-8-5-9-10(6-8)23(18,19)22-13(9)12;1-9(2)12(15)17-14-6-10-3-11(7-14)5-13(16,4-10)8-14;1-6(2)13(15)18-5-10(14)19-11-7-3-8-9(4-7)21(16,17)20-12(8)11;1-4-10(2,3)9(12)14-7-5-6-13-8(7)11;1-5(2)7(9)12-6-3-4-11-8(6)10/h9,11-14H,4-8H2,1-3H3;8-10,12-13H,4-7H2,1-3H3;10-11,16H,1,3-8H2,2H3;7-9,11-12H,1,3-5H2,2H3;7H,4-6H2,1-3H3;6H,1,3-4H2,2H3. The molecule has 4 heterocycles. The van der Waals surface area contributed by atoms with Crippen LogP contribution in [0.5, 0.6) is 0 Å². The first-order valence-corrected chi connectivity index (χ1v) is 40.3. The lowest BCUT2D eigenvalue weighted by Crippen LogP contribution is -2.62. The second-order valence-electron chi connectivity index (χ2n) is 33.6. The lowest BCUT2D eigenvalue weighted by Gasteiger charge is -2.61. The molecule has 16 aliphatic rings. The van der Waals surface area contributed by atoms with E-state index in [9.17, 15) is 74.7 Å². The van der Waals surface area contributed by atoms with Gasteiger partial charge < -0.3 is 52.5 Å². The summed E-state index contributed by atoms with van der Waals surface area (Å²) in [4.78, 5) is 126. The molecule has 14 unspecified atom stereocenters. The average molecular weight is 1530 g/mol. The van der Waals surface area contributed by atoms with Crippen molar-refractivity contribution >= 4 is 85.7 Å². The van der Waals surface area contributed by atoms with Crippen molar-refractivity contribution in [2.45, 2.75) is 269 Å². The van der Waals surface area contributed by atoms with Gasteiger partial charge in [0.05, 0.1) is 40.1 Å². The van der Waals surface area contributed by atoms with Crippen molar-refractivity contribution in [1.29, 1.82) is 0 Å². The summed E-state index contributed by atoms with van der Waals surface area (Å²) in [6, 6.07) is 0. The van der Waals surface area contributed by atoms with Crippen LogP contribution in [0.2, 0.25) is 0 Å². The molecule has 0 spiro atoms. The van der Waals surface area contributed by atoms with Crippen LogP contribution < -0.4 is 0 Å². The number of aliphatic hydroxyl groups is 1. The van der Waals surface area contributed by atoms with E-state index in [-0.39, 0.29) is 52.4 Å². The smallest absolute Gasteiger partial charge is 0.374 e. The zero-order chi connectivity index (χ0) is 78.3. The van der Waals surface area contributed by atoms with E-state index in [1.54, 1.807) is 34.6 Å². The zero-order valence-corrected chi connectivity index (χ0v) is 64.8. The Labute approximate surface area is 621 Å². The van der Waals surface area contributed by atoms with Crippen LogP contribution in [0.15, 0.2) is 36.5 Å². The Kier molecular flexibility index (Phi) is 25.6. The molecule has 12 aliphatic carbocycles. The van der Waals surface area contributed by atoms with Gasteiger partial charge in [-0.3, -0.25) is 22.7 Å². The van der Waals surface area contributed by atoms with Gasteiger partial charge in [-0.05, 0) is 193 Å². The summed E-state index contributed by atoms with van der Waals surface area (Å²) in [5, 5.41) is 9.60. The zero-order valence-electron chi connectivity index (χ0n) is 63.1. The maximum Gasteiger partial charge on any atom is 0.374 e. The van der Waals surface area contributed by atoms with Crippen molar-refractivity contribution in [3.8, 4) is 0 Å². The molecule has 592 valence electrons. The fourth-order valence-corrected chi connectivity index (χ4v) is 22.7. The van der Waals surface area contributed by atoms with Gasteiger partial charge in [-0.25, -0.2) is 38.4 Å². The Balaban J connectivity index is 0.000000149. The average Bonchev–Trinajstić information content (AvgIpc) is 1.28. The molecule has 0 aromatic rings. The second-order valence-corrected chi connectivity index (χ2v) is 37.1. The third-order valence-electron chi connectivity index (χ3n) is 24.4. The van der Waals surface area contributed by atoms with E-state index < -0.39 is 156 Å². The number of carbonyl (C=O) groups is 11. The molecule has 16 rings (SSSR count). The Hall–Kier alpha value is -6.63. The van der Waals surface area contributed by atoms with Crippen LogP contribution >= 0.6 is 0 Å². The molecule has 12 bridgehead atoms. The van der Waals surface area contributed by atoms with Gasteiger partial charge in [0.1, 0.15) is 35.6 Å². The summed E-state index contributed by atoms with van der Waals surface area (Å²) < 4.78 is 108. The Bertz CT molecular complexity index is 3650. The molecule has 0 aromatic heterocycles. The predicted molar refractivity (Wildman–Crippen MR) is 373 cm³/mol. The van der Waals surface area contributed by atoms with Gasteiger partial charge in [0.15, 0.2) is 13.2 Å². The van der Waals surface area contributed by atoms with Gasteiger partial charge in [-0.2, -0.15) is 16.8 Å². The quantitative estimate of drug-likeness (QED) is 0.0420. The first kappa shape index (κ1) is 83.4. The highest BCUT2D eigenvalue weighted by Crippen LogP contribution is 2.63. The molecule has 0 aromatic carbocycles. The summed E-state index contributed by atoms with van der Waals surface area (Å²) in [5.41, 5.74) is -1.58. The van der Waals surface area contributed by atoms with Crippen LogP contribution in [0.3, 0.4) is 0 Å². The number of rotatable bonds is 19. The number of fused-ring (bicyclic) bond motifs is 2. The minimum atomic E-state index is -3.53. The monoisotopic (exact) mass is 1530 g/mol. The van der Waals surface area contributed by atoms with E-state index in [0.717, 1.165) is 37.5 Å². The molecule has 12 saturated carbocycles. The molecule has 14 atom stereocenters. The lowest BCUT2D eigenvalue weighted by molar-refractivity contribution is -0.223. The molecule has 106 heavy (non-hydrogen) atoms. The first-order valence-electron chi connectivity index (χ1n) is 37.3. The normalized spacial score (nSPS) is 36.3. The van der Waals surface area contributed by atoms with Gasteiger partial charge in [0.25, 0.3) is 20.2 Å². The number of ketones is 1. The molecule has 28 nitrogen and oxygen atoms in total. The van der Waals surface area contributed by atoms with Crippen molar-refractivity contribution in [3.63, 3.8) is 0 Å². The molecule has 0 amide bonds. The van der Waals surface area contributed by atoms with E-state index in [0.29, 0.717) is 106 Å². The number of ether oxygens (including phenoxy) is 10. The second kappa shape index (κ2) is 32.5. The Morgan fingerprint density at radius 2 is 0.953 bits per heavy atom. The minimum Gasteiger partial charge on any atom is -0.463 e. The van der Waals surface area contributed by atoms with Gasteiger partial charge >= 0.3 is 59.7 Å². The highest BCUT2D eigenvalue weighted by Gasteiger charge is 2.67. The van der Waals surface area contributed by atoms with Gasteiger partial charge in [-0.15, -0.1) is 0 Å². The fraction of sp³-hybridized carbons (Fsp3) is 0.776. The lowest BCUT2D eigenvalue weighted by atomic mass is 9.47. The molecular weight excluding hydrogens is 1420 g/mol. The van der Waals surface area contributed by atoms with Crippen molar-refractivity contribution in [2.24, 2.45) is 75.9 Å². The summed E-state index contributed by atoms with van der Waals surface area (Å²) in [6.45, 7) is 31.3. The first-order chi connectivity index (χ1) is 49.4. The Morgan fingerprint density at radius 1 is 0.528 bits per heavy atom. The van der Waals surface area contributed by atoms with Crippen LogP contribution in [0, 0.1) is 75.9 Å². The molecule has 0 radical (unpaired) electrons. The molecule has 4 saturated heterocycles. The van der Waals surface area contributed by atoms with Crippen LogP contribution in [0.4, 0.5) is 0 Å². The van der Waals surface area contributed by atoms with Crippen LogP contribution in [-0.2, 0) is 129 Å². The van der Waals surface area contributed by atoms with Crippen molar-refractivity contribution in [1.82, 2.24) is 0 Å². The third kappa shape index (κ3) is 18.5. The van der Waals surface area contributed by atoms with E-state index in [1.807, 2.05) is 13.8 Å². The van der Waals surface area contributed by atoms with Crippen molar-refractivity contribution in [2.75, 3.05) is 26.4 Å². The molecule has 30 heteroatoms. The van der Waals surface area contributed by atoms with Gasteiger partial charge in [0, 0.05) is 66.6 Å². The fourth-order valence-electron chi connectivity index (χ4n) is 18.9. The third-order valence-corrected chi connectivity index (χ3v) is 27.9. The van der Waals surface area contributed by atoms with Crippen molar-refractivity contribution in [3.05, 3.63) is 36.5 Å².